The van der Waals surface area contributed by atoms with Gasteiger partial charge in [0.25, 0.3) is 0 Å². The molecule has 4 aromatic heterocycles. The number of aromatic nitrogens is 2. The molecule has 4 heterocycles. The van der Waals surface area contributed by atoms with E-state index in [9.17, 15) is 0 Å². The second kappa shape index (κ2) is 12.9. The first-order valence-electron chi connectivity index (χ1n) is 20.0. The quantitative estimate of drug-likeness (QED) is 0.158. The van der Waals surface area contributed by atoms with Gasteiger partial charge in [-0.1, -0.05) is 104 Å². The van der Waals surface area contributed by atoms with Crippen LogP contribution in [0.4, 0.5) is 0 Å². The fourth-order valence-corrected chi connectivity index (χ4v) is 9.31. The second-order valence-electron chi connectivity index (χ2n) is 15.4. The van der Waals surface area contributed by atoms with Gasteiger partial charge in [-0.15, -0.1) is 0 Å². The molecule has 0 radical (unpaired) electrons. The Bertz CT molecular complexity index is 3660. The summed E-state index contributed by atoms with van der Waals surface area (Å²) < 4.78 is 17.5. The third kappa shape index (κ3) is 5.10. The molecule has 0 atom stereocenters. The summed E-state index contributed by atoms with van der Waals surface area (Å²) in [6.45, 7) is 6.11. The Balaban J connectivity index is 0.948. The molecule has 0 aliphatic carbocycles. The fraction of sp³-hybridized carbons (Fsp3) is 0.0182. The average Bonchev–Trinajstić information content (AvgIpc) is 4.02. The van der Waals surface area contributed by atoms with Gasteiger partial charge in [0.2, 0.25) is 0 Å². The predicted octanol–water partition coefficient (Wildman–Crippen LogP) is 15.4. The molecule has 8 aromatic carbocycles. The molecule has 0 spiro atoms. The van der Waals surface area contributed by atoms with Crippen molar-refractivity contribution in [3.63, 3.8) is 0 Å². The van der Waals surface area contributed by atoms with E-state index in [2.05, 4.69) is 199 Å². The van der Waals surface area contributed by atoms with Crippen molar-refractivity contribution < 1.29 is 8.83 Å². The highest BCUT2D eigenvalue weighted by atomic mass is 16.3. The molecule has 0 saturated carbocycles. The molecule has 0 aliphatic rings. The van der Waals surface area contributed by atoms with Crippen LogP contribution in [0.25, 0.3) is 116 Å². The van der Waals surface area contributed by atoms with E-state index in [1.165, 1.54) is 38.3 Å². The second-order valence-corrected chi connectivity index (χ2v) is 15.4. The monoisotopic (exact) mass is 756 g/mol. The molecule has 59 heavy (non-hydrogen) atoms. The van der Waals surface area contributed by atoms with E-state index in [4.69, 9.17) is 8.83 Å². The number of fused-ring (bicyclic) bond motifs is 10. The Morgan fingerprint density at radius 3 is 1.39 bits per heavy atom. The number of hydrogen-bond donors (Lipinski definition) is 0. The Morgan fingerprint density at radius 1 is 0.407 bits per heavy atom. The van der Waals surface area contributed by atoms with E-state index < -0.39 is 0 Å². The average molecular weight is 757 g/mol. The first-order chi connectivity index (χ1) is 29.1. The minimum absolute atomic E-state index is 0.868. The van der Waals surface area contributed by atoms with Crippen molar-refractivity contribution in [1.82, 2.24) is 9.13 Å². The summed E-state index contributed by atoms with van der Waals surface area (Å²) in [5, 5.41) is 8.11. The molecule has 12 rings (SSSR count). The topological polar surface area (TPSA) is 36.1 Å². The van der Waals surface area contributed by atoms with Gasteiger partial charge < -0.3 is 18.0 Å². The number of allylic oxidation sites excluding steroid dienone is 2. The van der Waals surface area contributed by atoms with Crippen LogP contribution < -0.4 is 0 Å². The van der Waals surface area contributed by atoms with Crippen molar-refractivity contribution >= 4 is 82.7 Å². The Labute approximate surface area is 339 Å². The van der Waals surface area contributed by atoms with Gasteiger partial charge in [0.15, 0.2) is 0 Å². The summed E-state index contributed by atoms with van der Waals surface area (Å²) in [5.41, 5.74) is 16.2. The Kier molecular flexibility index (Phi) is 7.26. The largest absolute Gasteiger partial charge is 0.456 e. The molecule has 4 nitrogen and oxygen atoms in total. The highest BCUT2D eigenvalue weighted by Crippen LogP contribution is 2.39. The zero-order valence-electron chi connectivity index (χ0n) is 32.3. The molecular weight excluding hydrogens is 721 g/mol. The first kappa shape index (κ1) is 33.3. The number of hydrogen-bond acceptors (Lipinski definition) is 2. The van der Waals surface area contributed by atoms with Gasteiger partial charge in [0, 0.05) is 54.8 Å². The van der Waals surface area contributed by atoms with Gasteiger partial charge >= 0.3 is 0 Å². The number of rotatable bonds is 6. The summed E-state index contributed by atoms with van der Waals surface area (Å²) in [6, 6.07) is 60.8. The van der Waals surface area contributed by atoms with E-state index in [0.717, 1.165) is 83.2 Å². The van der Waals surface area contributed by atoms with Gasteiger partial charge in [-0.3, -0.25) is 0 Å². The molecule has 0 unspecified atom stereocenters. The lowest BCUT2D eigenvalue weighted by molar-refractivity contribution is 0.668. The maximum Gasteiger partial charge on any atom is 0.135 e. The molecular formula is C55H36N2O2. The molecule has 0 aliphatic heterocycles. The Hall–Kier alpha value is -7.82. The van der Waals surface area contributed by atoms with Crippen molar-refractivity contribution in [2.24, 2.45) is 0 Å². The molecule has 0 N–H and O–H groups in total. The van der Waals surface area contributed by atoms with Gasteiger partial charge in [-0.25, -0.2) is 0 Å². The van der Waals surface area contributed by atoms with Crippen LogP contribution in [-0.2, 0) is 0 Å². The van der Waals surface area contributed by atoms with E-state index >= 15 is 0 Å². The van der Waals surface area contributed by atoms with Crippen LogP contribution >= 0.6 is 0 Å². The minimum atomic E-state index is 0.868. The molecule has 278 valence electrons. The normalized spacial score (nSPS) is 12.2. The molecule has 0 saturated heterocycles. The van der Waals surface area contributed by atoms with Gasteiger partial charge in [-0.2, -0.15) is 0 Å². The maximum atomic E-state index is 6.41. The van der Waals surface area contributed by atoms with Crippen LogP contribution in [0.3, 0.4) is 0 Å². The van der Waals surface area contributed by atoms with Gasteiger partial charge in [-0.05, 0) is 126 Å². The number of furan rings is 2. The van der Waals surface area contributed by atoms with Crippen LogP contribution in [0.5, 0.6) is 0 Å². The Morgan fingerprint density at radius 2 is 0.847 bits per heavy atom. The maximum absolute atomic E-state index is 6.41. The zero-order chi connectivity index (χ0) is 39.2. The third-order valence-corrected chi connectivity index (χ3v) is 12.1. The smallest absolute Gasteiger partial charge is 0.135 e. The van der Waals surface area contributed by atoms with E-state index in [1.807, 2.05) is 12.2 Å². The van der Waals surface area contributed by atoms with Gasteiger partial charge in [0.1, 0.15) is 22.3 Å². The van der Waals surface area contributed by atoms with Crippen LogP contribution in [0.1, 0.15) is 11.3 Å². The van der Waals surface area contributed by atoms with Crippen LogP contribution in [0.15, 0.2) is 197 Å². The van der Waals surface area contributed by atoms with Crippen molar-refractivity contribution in [3.8, 4) is 33.6 Å². The van der Waals surface area contributed by atoms with Gasteiger partial charge in [0.05, 0.1) is 16.6 Å². The van der Waals surface area contributed by atoms with E-state index in [0.29, 0.717) is 0 Å². The number of aryl methyl sites for hydroxylation is 1. The zero-order valence-corrected chi connectivity index (χ0v) is 32.3. The van der Waals surface area contributed by atoms with Crippen molar-refractivity contribution in [3.05, 3.63) is 200 Å². The molecule has 0 amide bonds. The lowest BCUT2D eigenvalue weighted by atomic mass is 9.97. The van der Waals surface area contributed by atoms with E-state index in [1.54, 1.807) is 0 Å². The highest BCUT2D eigenvalue weighted by Gasteiger charge is 2.18. The fourth-order valence-electron chi connectivity index (χ4n) is 9.31. The number of benzene rings is 8. The predicted molar refractivity (Wildman–Crippen MR) is 247 cm³/mol. The highest BCUT2D eigenvalue weighted by molar-refractivity contribution is 6.11. The number of nitrogens with zero attached hydrogens (tertiary/aromatic N) is 2. The summed E-state index contributed by atoms with van der Waals surface area (Å²) >= 11 is 0. The van der Waals surface area contributed by atoms with Crippen LogP contribution in [-0.4, -0.2) is 9.13 Å². The minimum Gasteiger partial charge on any atom is -0.456 e. The SMILES string of the molecule is C=C/C=C\c1c(C)c2ccccc2n1-c1ccc2oc3ccc(-c4cccc(-c5ccc6oc7ccc(-n8c9ccccc9c9ccccc98)cc7c6c5)c4)cc3c2c1. The van der Waals surface area contributed by atoms with E-state index in [-0.39, 0.29) is 0 Å². The van der Waals surface area contributed by atoms with Crippen LogP contribution in [0, 0.1) is 6.92 Å². The molecule has 0 fully saturated rings. The summed E-state index contributed by atoms with van der Waals surface area (Å²) in [5.74, 6) is 0. The lowest BCUT2D eigenvalue weighted by Crippen LogP contribution is -1.96. The molecule has 0 bridgehead atoms. The standard InChI is InChI=1S/C55H36N2O2/c1-3-4-17-48-34(2)41-14-5-8-18-49(41)56(48)39-23-27-54-46(32-39)44-30-37(21-25-52(44)58-54)35-12-11-13-36(29-35)38-22-26-53-45(31-38)47-33-40(24-28-55(47)59-53)57-50-19-9-6-15-42(50)43-16-7-10-20-51(43)57/h3-33H,1H2,2H3/b17-4-. The summed E-state index contributed by atoms with van der Waals surface area (Å²) in [7, 11) is 0. The van der Waals surface area contributed by atoms with Crippen molar-refractivity contribution in [1.29, 1.82) is 0 Å². The summed E-state index contributed by atoms with van der Waals surface area (Å²) in [6.07, 6.45) is 5.97. The van der Waals surface area contributed by atoms with Crippen molar-refractivity contribution in [2.45, 2.75) is 6.92 Å². The van der Waals surface area contributed by atoms with Crippen LogP contribution in [0.2, 0.25) is 0 Å². The lowest BCUT2D eigenvalue weighted by Gasteiger charge is -2.10. The molecule has 12 aromatic rings. The summed E-state index contributed by atoms with van der Waals surface area (Å²) in [4.78, 5) is 0. The first-order valence-corrected chi connectivity index (χ1v) is 20.0. The van der Waals surface area contributed by atoms with Crippen molar-refractivity contribution in [2.75, 3.05) is 0 Å². The molecule has 4 heteroatoms. The third-order valence-electron chi connectivity index (χ3n) is 12.1. The number of para-hydroxylation sites is 3.